The zero-order chi connectivity index (χ0) is 24.8. The van der Waals surface area contributed by atoms with Crippen molar-refractivity contribution in [3.05, 3.63) is 53.3 Å². The normalized spacial score (nSPS) is 12.7. The van der Waals surface area contributed by atoms with Crippen molar-refractivity contribution in [2.75, 3.05) is 13.2 Å². The third-order valence-corrected chi connectivity index (χ3v) is 4.87. The Morgan fingerprint density at radius 1 is 1.08 bits per heavy atom. The number of benzene rings is 1. The van der Waals surface area contributed by atoms with Gasteiger partial charge in [0, 0.05) is 19.0 Å². The van der Waals surface area contributed by atoms with Gasteiger partial charge in [0.2, 0.25) is 5.75 Å². The summed E-state index contributed by atoms with van der Waals surface area (Å²) in [5.74, 6) is 0.998. The van der Waals surface area contributed by atoms with Gasteiger partial charge in [-0.3, -0.25) is 9.48 Å². The number of aromatic amines is 1. The van der Waals surface area contributed by atoms with Gasteiger partial charge in [-0.15, -0.1) is 5.10 Å². The fourth-order valence-electron chi connectivity index (χ4n) is 3.29. The van der Waals surface area contributed by atoms with Crippen LogP contribution in [0.4, 0.5) is 0 Å². The van der Waals surface area contributed by atoms with Crippen LogP contribution in [0.25, 0.3) is 0 Å². The molecule has 0 atom stereocenters. The topological polar surface area (TPSA) is 142 Å². The summed E-state index contributed by atoms with van der Waals surface area (Å²) in [6.45, 7) is 6.98. The number of ether oxygens (including phenoxy) is 3. The Labute approximate surface area is 209 Å². The van der Waals surface area contributed by atoms with Gasteiger partial charge in [0.05, 0.1) is 24.6 Å². The first-order valence-corrected chi connectivity index (χ1v) is 11.1. The van der Waals surface area contributed by atoms with Crippen molar-refractivity contribution < 1.29 is 19.0 Å². The first kappa shape index (κ1) is 26.5. The van der Waals surface area contributed by atoms with Crippen molar-refractivity contribution in [3.63, 3.8) is 0 Å². The third-order valence-electron chi connectivity index (χ3n) is 4.87. The number of nitrogens with zero attached hydrogens (tertiary/aromatic N) is 7. The second-order valence-electron chi connectivity index (χ2n) is 9.29. The van der Waals surface area contributed by atoms with E-state index < -0.39 is 0 Å². The second-order valence-corrected chi connectivity index (χ2v) is 9.29. The Morgan fingerprint density at radius 3 is 2.36 bits per heavy atom. The monoisotopic (exact) mass is 496 g/mol. The van der Waals surface area contributed by atoms with Crippen LogP contribution < -0.4 is 14.2 Å². The van der Waals surface area contributed by atoms with Crippen LogP contribution >= 0.6 is 0 Å². The van der Waals surface area contributed by atoms with Gasteiger partial charge in [-0.1, -0.05) is 33.4 Å². The van der Waals surface area contributed by atoms with Crippen LogP contribution in [0.1, 0.15) is 56.4 Å². The molecular weight excluding hydrogens is 464 g/mol. The van der Waals surface area contributed by atoms with E-state index in [1.165, 1.54) is 0 Å². The number of aryl methyl sites for hydroxylation is 1. The van der Waals surface area contributed by atoms with Gasteiger partial charge >= 0.3 is 0 Å². The molecule has 4 rings (SSSR count). The van der Waals surface area contributed by atoms with Gasteiger partial charge in [-0.25, -0.2) is 0 Å². The Balaban J connectivity index is 0.00000361. The maximum Gasteiger partial charge on any atom is 0.204 e. The van der Waals surface area contributed by atoms with Crippen molar-refractivity contribution in [3.8, 4) is 17.2 Å². The largest absolute Gasteiger partial charge is 0.483 e. The number of carbonyl (C=O) groups excluding carboxylic acids is 1. The summed E-state index contributed by atoms with van der Waals surface area (Å²) in [5.41, 5.74) is 2.18. The molecule has 12 heteroatoms. The fourth-order valence-corrected chi connectivity index (χ4v) is 3.29. The van der Waals surface area contributed by atoms with Gasteiger partial charge in [-0.05, 0) is 23.6 Å². The standard InChI is InChI=1S/C23H28N8O4.CH4/c1-23(2,3)9-19(32)15-7-20(33-13-17-10-25-29-27-17)22(35-12-16-5-6-24-26-16)21(8-15)34-14-18-11-31(4)30-28-18;/h5,7-8,10-11H,6,9,12-14H2,1-4H3,(H,25,27,29);1H4. The number of rotatable bonds is 11. The van der Waals surface area contributed by atoms with Gasteiger partial charge in [0.1, 0.15) is 31.2 Å². The SMILES string of the molecule is C.Cn1cc(COc2cc(C(=O)CC(C)(C)C)cc(OCc3cn[nH]n3)c2OCC2=CCN=N2)nn1. The first-order chi connectivity index (χ1) is 16.8. The molecule has 2 aromatic heterocycles. The summed E-state index contributed by atoms with van der Waals surface area (Å²) >= 11 is 0. The van der Waals surface area contributed by atoms with Gasteiger partial charge in [0.25, 0.3) is 0 Å². The second kappa shape index (κ2) is 11.6. The fraction of sp³-hybridized carbons (Fsp3) is 0.458. The third kappa shape index (κ3) is 7.20. The first-order valence-electron chi connectivity index (χ1n) is 11.1. The highest BCUT2D eigenvalue weighted by atomic mass is 16.5. The van der Waals surface area contributed by atoms with E-state index in [0.717, 1.165) is 0 Å². The van der Waals surface area contributed by atoms with E-state index in [4.69, 9.17) is 14.2 Å². The van der Waals surface area contributed by atoms with E-state index in [1.807, 2.05) is 26.8 Å². The number of hydrogen-bond acceptors (Lipinski definition) is 10. The quantitative estimate of drug-likeness (QED) is 0.391. The van der Waals surface area contributed by atoms with E-state index in [0.29, 0.717) is 52.9 Å². The molecule has 1 N–H and O–H groups in total. The summed E-state index contributed by atoms with van der Waals surface area (Å²) in [4.78, 5) is 13.1. The minimum atomic E-state index is -0.186. The number of nitrogens with one attached hydrogen (secondary N) is 1. The average molecular weight is 497 g/mol. The molecule has 1 aliphatic heterocycles. The molecule has 0 saturated heterocycles. The smallest absolute Gasteiger partial charge is 0.204 e. The molecule has 0 aliphatic carbocycles. The number of Topliss-reactive ketones (excluding diaryl/α,β-unsaturated/α-hetero) is 1. The highest BCUT2D eigenvalue weighted by Gasteiger charge is 2.23. The number of azo groups is 1. The Bertz CT molecular complexity index is 1230. The van der Waals surface area contributed by atoms with Gasteiger partial charge < -0.3 is 14.2 Å². The molecule has 1 aliphatic rings. The molecule has 0 bridgehead atoms. The average Bonchev–Trinajstić information content (AvgIpc) is 3.57. The molecule has 36 heavy (non-hydrogen) atoms. The summed E-state index contributed by atoms with van der Waals surface area (Å²) in [6.07, 6.45) is 5.54. The lowest BCUT2D eigenvalue weighted by Crippen LogP contribution is -2.14. The highest BCUT2D eigenvalue weighted by molar-refractivity contribution is 5.97. The molecule has 3 aromatic rings. The van der Waals surface area contributed by atoms with Crippen LogP contribution in [0.3, 0.4) is 0 Å². The molecule has 0 unspecified atom stereocenters. The summed E-state index contributed by atoms with van der Waals surface area (Å²) in [6, 6.07) is 3.34. The van der Waals surface area contributed by atoms with Crippen LogP contribution in [0.2, 0.25) is 0 Å². The van der Waals surface area contributed by atoms with Crippen LogP contribution in [0.5, 0.6) is 17.2 Å². The number of aromatic nitrogens is 6. The van der Waals surface area contributed by atoms with Crippen molar-refractivity contribution in [1.82, 2.24) is 30.4 Å². The number of ketones is 1. The molecule has 12 nitrogen and oxygen atoms in total. The predicted molar refractivity (Wildman–Crippen MR) is 131 cm³/mol. The highest BCUT2D eigenvalue weighted by Crippen LogP contribution is 2.41. The van der Waals surface area contributed by atoms with Crippen LogP contribution in [0.15, 0.2) is 46.5 Å². The minimum absolute atomic E-state index is 0. The molecular formula is C24H32N8O4. The van der Waals surface area contributed by atoms with E-state index in [9.17, 15) is 4.79 Å². The maximum atomic E-state index is 13.1. The Kier molecular flexibility index (Phi) is 8.51. The molecule has 0 amide bonds. The van der Waals surface area contributed by atoms with E-state index in [-0.39, 0.29) is 38.4 Å². The van der Waals surface area contributed by atoms with Crippen molar-refractivity contribution >= 4 is 5.78 Å². The van der Waals surface area contributed by atoms with Crippen LogP contribution in [0, 0.1) is 5.41 Å². The van der Waals surface area contributed by atoms with Crippen LogP contribution in [-0.4, -0.2) is 49.3 Å². The molecule has 0 fully saturated rings. The van der Waals surface area contributed by atoms with Crippen molar-refractivity contribution in [2.24, 2.45) is 22.7 Å². The molecule has 192 valence electrons. The lowest BCUT2D eigenvalue weighted by molar-refractivity contribution is 0.0938. The number of H-pyrrole nitrogens is 1. The van der Waals surface area contributed by atoms with E-state index in [2.05, 4.69) is 36.0 Å². The lowest BCUT2D eigenvalue weighted by atomic mass is 9.88. The molecule has 0 radical (unpaired) electrons. The van der Waals surface area contributed by atoms with Gasteiger partial charge in [-0.2, -0.15) is 25.6 Å². The van der Waals surface area contributed by atoms with E-state index in [1.54, 1.807) is 36.3 Å². The Hall–Kier alpha value is -4.09. The Morgan fingerprint density at radius 2 is 1.81 bits per heavy atom. The molecule has 0 spiro atoms. The lowest BCUT2D eigenvalue weighted by Gasteiger charge is -2.20. The summed E-state index contributed by atoms with van der Waals surface area (Å²) in [5, 5.41) is 26.4. The zero-order valence-corrected chi connectivity index (χ0v) is 20.2. The van der Waals surface area contributed by atoms with Crippen LogP contribution in [-0.2, 0) is 20.3 Å². The molecule has 1 aromatic carbocycles. The molecule has 3 heterocycles. The summed E-state index contributed by atoms with van der Waals surface area (Å²) in [7, 11) is 1.77. The number of hydrogen-bond donors (Lipinski definition) is 1. The maximum absolute atomic E-state index is 13.1. The van der Waals surface area contributed by atoms with Crippen molar-refractivity contribution in [1.29, 1.82) is 0 Å². The van der Waals surface area contributed by atoms with Gasteiger partial charge in [0.15, 0.2) is 17.3 Å². The molecule has 0 saturated carbocycles. The minimum Gasteiger partial charge on any atom is -0.483 e. The van der Waals surface area contributed by atoms with Crippen molar-refractivity contribution in [2.45, 2.75) is 47.8 Å². The summed E-state index contributed by atoms with van der Waals surface area (Å²) < 4.78 is 19.8. The number of carbonyl (C=O) groups is 1. The zero-order valence-electron chi connectivity index (χ0n) is 20.2. The predicted octanol–water partition coefficient (Wildman–Crippen LogP) is 4.07. The van der Waals surface area contributed by atoms with E-state index >= 15 is 0 Å².